The lowest BCUT2D eigenvalue weighted by Gasteiger charge is -2.24. The Bertz CT molecular complexity index is 514. The molecular weight excluding hydrogens is 273 g/mol. The van der Waals surface area contributed by atoms with Crippen molar-refractivity contribution in [2.24, 2.45) is 5.92 Å². The lowest BCUT2D eigenvalue weighted by Crippen LogP contribution is -2.36. The largest absolute Gasteiger partial charge is 0.469 e. The number of rotatable bonds is 6. The van der Waals surface area contributed by atoms with E-state index in [0.717, 1.165) is 0 Å². The van der Waals surface area contributed by atoms with Crippen molar-refractivity contribution in [1.82, 2.24) is 4.90 Å². The van der Waals surface area contributed by atoms with Crippen molar-refractivity contribution in [3.8, 4) is 0 Å². The molecule has 0 aromatic heterocycles. The molecule has 0 heterocycles. The second kappa shape index (κ2) is 7.76. The fraction of sp³-hybridized carbons (Fsp3) is 0.500. The van der Waals surface area contributed by atoms with Crippen molar-refractivity contribution < 1.29 is 18.7 Å². The Morgan fingerprint density at radius 3 is 2.52 bits per heavy atom. The lowest BCUT2D eigenvalue weighted by atomic mass is 10.1. The van der Waals surface area contributed by atoms with Gasteiger partial charge in [0.25, 0.3) is 5.91 Å². The van der Waals surface area contributed by atoms with Gasteiger partial charge in [0.2, 0.25) is 0 Å². The molecule has 4 nitrogen and oxygen atoms in total. The predicted octanol–water partition coefficient (Wildman–Crippen LogP) is 2.80. The van der Waals surface area contributed by atoms with E-state index in [0.29, 0.717) is 24.2 Å². The average molecular weight is 295 g/mol. The van der Waals surface area contributed by atoms with Crippen LogP contribution < -0.4 is 0 Å². The summed E-state index contributed by atoms with van der Waals surface area (Å²) in [5.41, 5.74) is 0.859. The van der Waals surface area contributed by atoms with Crippen LogP contribution >= 0.6 is 0 Å². The smallest absolute Gasteiger partial charge is 0.307 e. The van der Waals surface area contributed by atoms with E-state index in [1.807, 2.05) is 13.8 Å². The van der Waals surface area contributed by atoms with Crippen LogP contribution in [0.4, 0.5) is 4.39 Å². The first kappa shape index (κ1) is 17.1. The van der Waals surface area contributed by atoms with Crippen LogP contribution in [0, 0.1) is 18.7 Å². The molecule has 21 heavy (non-hydrogen) atoms. The number of methoxy groups -OCH3 is 1. The topological polar surface area (TPSA) is 46.6 Å². The molecule has 0 aliphatic carbocycles. The molecule has 0 N–H and O–H groups in total. The molecule has 0 spiro atoms. The highest BCUT2D eigenvalue weighted by atomic mass is 19.1. The first-order chi connectivity index (χ1) is 9.85. The van der Waals surface area contributed by atoms with E-state index in [-0.39, 0.29) is 30.0 Å². The quantitative estimate of drug-likeness (QED) is 0.758. The highest BCUT2D eigenvalue weighted by Gasteiger charge is 2.18. The molecule has 1 amide bonds. The van der Waals surface area contributed by atoms with Gasteiger partial charge in [-0.05, 0) is 36.6 Å². The van der Waals surface area contributed by atoms with Gasteiger partial charge < -0.3 is 9.64 Å². The van der Waals surface area contributed by atoms with Gasteiger partial charge >= 0.3 is 5.97 Å². The normalized spacial score (nSPS) is 10.6. The molecule has 0 bridgehead atoms. The van der Waals surface area contributed by atoms with E-state index in [1.165, 1.54) is 25.3 Å². The monoisotopic (exact) mass is 295 g/mol. The summed E-state index contributed by atoms with van der Waals surface area (Å²) in [5.74, 6) is -0.618. The molecule has 0 aliphatic rings. The number of ether oxygens (including phenoxy) is 1. The predicted molar refractivity (Wildman–Crippen MR) is 78.5 cm³/mol. The number of carbonyl (C=O) groups excluding carboxylic acids is 2. The number of amides is 1. The van der Waals surface area contributed by atoms with Crippen LogP contribution in [0.25, 0.3) is 0 Å². The van der Waals surface area contributed by atoms with Gasteiger partial charge in [-0.1, -0.05) is 13.8 Å². The van der Waals surface area contributed by atoms with E-state index >= 15 is 0 Å². The first-order valence-corrected chi connectivity index (χ1v) is 6.97. The van der Waals surface area contributed by atoms with E-state index in [9.17, 15) is 14.0 Å². The summed E-state index contributed by atoms with van der Waals surface area (Å²) in [6.45, 7) is 6.43. The number of nitrogens with zero attached hydrogens (tertiary/aromatic N) is 1. The van der Waals surface area contributed by atoms with E-state index in [2.05, 4.69) is 4.74 Å². The van der Waals surface area contributed by atoms with Crippen molar-refractivity contribution in [3.63, 3.8) is 0 Å². The van der Waals surface area contributed by atoms with Gasteiger partial charge in [-0.25, -0.2) is 4.39 Å². The Morgan fingerprint density at radius 1 is 1.33 bits per heavy atom. The van der Waals surface area contributed by atoms with Gasteiger partial charge in [0.05, 0.1) is 13.5 Å². The standard InChI is InChI=1S/C16H22FNO3/c1-11(2)10-18(8-7-15(19)21-4)16(20)13-5-6-14(17)12(3)9-13/h5-6,9,11H,7-8,10H2,1-4H3. The number of halogens is 1. The van der Waals surface area contributed by atoms with Crippen molar-refractivity contribution in [2.45, 2.75) is 27.2 Å². The number of benzene rings is 1. The van der Waals surface area contributed by atoms with Gasteiger partial charge in [-0.3, -0.25) is 9.59 Å². The average Bonchev–Trinajstić information content (AvgIpc) is 2.44. The molecule has 0 atom stereocenters. The third kappa shape index (κ3) is 5.17. The third-order valence-corrected chi connectivity index (χ3v) is 3.09. The molecule has 0 fully saturated rings. The molecule has 1 aromatic carbocycles. The van der Waals surface area contributed by atoms with E-state index in [1.54, 1.807) is 11.8 Å². The second-order valence-electron chi connectivity index (χ2n) is 5.44. The Labute approximate surface area is 124 Å². The highest BCUT2D eigenvalue weighted by Crippen LogP contribution is 2.13. The first-order valence-electron chi connectivity index (χ1n) is 6.97. The second-order valence-corrected chi connectivity index (χ2v) is 5.44. The Kier molecular flexibility index (Phi) is 6.34. The lowest BCUT2D eigenvalue weighted by molar-refractivity contribution is -0.140. The van der Waals surface area contributed by atoms with E-state index < -0.39 is 0 Å². The molecule has 5 heteroatoms. The minimum Gasteiger partial charge on any atom is -0.469 e. The summed E-state index contributed by atoms with van der Waals surface area (Å²) >= 11 is 0. The summed E-state index contributed by atoms with van der Waals surface area (Å²) in [7, 11) is 1.32. The number of aryl methyl sites for hydroxylation is 1. The Hall–Kier alpha value is -1.91. The van der Waals surface area contributed by atoms with Crippen LogP contribution in [0.5, 0.6) is 0 Å². The highest BCUT2D eigenvalue weighted by molar-refractivity contribution is 5.94. The van der Waals surface area contributed by atoms with Crippen molar-refractivity contribution in [1.29, 1.82) is 0 Å². The van der Waals surface area contributed by atoms with Crippen LogP contribution in [0.3, 0.4) is 0 Å². The van der Waals surface area contributed by atoms with Gasteiger partial charge in [-0.2, -0.15) is 0 Å². The molecule has 0 saturated heterocycles. The molecule has 0 saturated carbocycles. The van der Waals surface area contributed by atoms with Gasteiger partial charge in [-0.15, -0.1) is 0 Å². The summed E-state index contributed by atoms with van der Waals surface area (Å²) in [4.78, 5) is 25.4. The van der Waals surface area contributed by atoms with Crippen molar-refractivity contribution >= 4 is 11.9 Å². The molecule has 116 valence electrons. The van der Waals surface area contributed by atoms with Gasteiger partial charge in [0.1, 0.15) is 5.82 Å². The molecular formula is C16H22FNO3. The van der Waals surface area contributed by atoms with Crippen LogP contribution in [-0.4, -0.2) is 37.0 Å². The molecule has 0 unspecified atom stereocenters. The van der Waals surface area contributed by atoms with Crippen LogP contribution in [0.1, 0.15) is 36.2 Å². The summed E-state index contributed by atoms with van der Waals surface area (Å²) in [5, 5.41) is 0. The minimum atomic E-state index is -0.355. The summed E-state index contributed by atoms with van der Waals surface area (Å²) in [6, 6.07) is 4.29. The maximum Gasteiger partial charge on any atom is 0.307 e. The van der Waals surface area contributed by atoms with Crippen LogP contribution in [-0.2, 0) is 9.53 Å². The number of hydrogen-bond acceptors (Lipinski definition) is 3. The Morgan fingerprint density at radius 2 is 2.00 bits per heavy atom. The zero-order valence-electron chi connectivity index (χ0n) is 13.0. The molecule has 1 rings (SSSR count). The fourth-order valence-corrected chi connectivity index (χ4v) is 2.01. The van der Waals surface area contributed by atoms with Crippen molar-refractivity contribution in [2.75, 3.05) is 20.2 Å². The molecule has 1 aromatic rings. The third-order valence-electron chi connectivity index (χ3n) is 3.09. The maximum absolute atomic E-state index is 13.3. The minimum absolute atomic E-state index is 0.148. The van der Waals surface area contributed by atoms with E-state index in [4.69, 9.17) is 0 Å². The molecule has 0 radical (unpaired) electrons. The van der Waals surface area contributed by atoms with Crippen LogP contribution in [0.15, 0.2) is 18.2 Å². The number of esters is 1. The van der Waals surface area contributed by atoms with Crippen molar-refractivity contribution in [3.05, 3.63) is 35.1 Å². The van der Waals surface area contributed by atoms with Gasteiger partial charge in [0.15, 0.2) is 0 Å². The maximum atomic E-state index is 13.3. The summed E-state index contributed by atoms with van der Waals surface area (Å²) < 4.78 is 17.9. The fourth-order valence-electron chi connectivity index (χ4n) is 2.01. The Balaban J connectivity index is 2.87. The SMILES string of the molecule is COC(=O)CCN(CC(C)C)C(=O)c1ccc(F)c(C)c1. The zero-order valence-corrected chi connectivity index (χ0v) is 13.0. The number of hydrogen-bond donors (Lipinski definition) is 0. The molecule has 0 aliphatic heterocycles. The summed E-state index contributed by atoms with van der Waals surface area (Å²) in [6.07, 6.45) is 0.148. The van der Waals surface area contributed by atoms with Crippen LogP contribution in [0.2, 0.25) is 0 Å². The van der Waals surface area contributed by atoms with Gasteiger partial charge in [0, 0.05) is 18.7 Å². The number of carbonyl (C=O) groups is 2. The zero-order chi connectivity index (χ0) is 16.0.